The van der Waals surface area contributed by atoms with E-state index in [-0.39, 0.29) is 16.5 Å². The van der Waals surface area contributed by atoms with Crippen LogP contribution in [0.15, 0.2) is 47.8 Å². The number of nitrogens with two attached hydrogens (primary N) is 1. The Labute approximate surface area is 132 Å². The van der Waals surface area contributed by atoms with E-state index in [0.29, 0.717) is 11.3 Å². The van der Waals surface area contributed by atoms with E-state index < -0.39 is 10.0 Å². The summed E-state index contributed by atoms with van der Waals surface area (Å²) in [7, 11) is -2.45. The SMILES string of the molecule is COc1ccc2cccnc2c1NS(=O)(=O)c1cnc(N)nc1. The number of pyridine rings is 1. The summed E-state index contributed by atoms with van der Waals surface area (Å²) >= 11 is 0. The normalized spacial score (nSPS) is 11.3. The maximum atomic E-state index is 12.5. The van der Waals surface area contributed by atoms with Crippen LogP contribution < -0.4 is 15.2 Å². The van der Waals surface area contributed by atoms with Crippen LogP contribution in [0.2, 0.25) is 0 Å². The number of nitrogens with one attached hydrogen (secondary N) is 1. The number of rotatable bonds is 4. The minimum atomic E-state index is -3.90. The number of methoxy groups -OCH3 is 1. The van der Waals surface area contributed by atoms with E-state index in [1.807, 2.05) is 6.07 Å². The van der Waals surface area contributed by atoms with E-state index in [1.54, 1.807) is 24.4 Å². The van der Waals surface area contributed by atoms with Gasteiger partial charge in [0, 0.05) is 11.6 Å². The third kappa shape index (κ3) is 2.86. The molecule has 2 aromatic heterocycles. The average Bonchev–Trinajstić information content (AvgIpc) is 2.55. The molecule has 8 nitrogen and oxygen atoms in total. The second-order valence-electron chi connectivity index (χ2n) is 4.60. The molecule has 0 saturated carbocycles. The fourth-order valence-electron chi connectivity index (χ4n) is 2.05. The van der Waals surface area contributed by atoms with Crippen LogP contribution in [0.1, 0.15) is 0 Å². The van der Waals surface area contributed by atoms with Crippen LogP contribution in [0, 0.1) is 0 Å². The maximum absolute atomic E-state index is 12.5. The molecule has 0 saturated heterocycles. The molecule has 1 aromatic carbocycles. The van der Waals surface area contributed by atoms with Crippen molar-refractivity contribution in [3.8, 4) is 5.75 Å². The molecule has 118 valence electrons. The largest absolute Gasteiger partial charge is 0.494 e. The molecule has 0 bridgehead atoms. The monoisotopic (exact) mass is 331 g/mol. The van der Waals surface area contributed by atoms with Gasteiger partial charge in [-0.25, -0.2) is 18.4 Å². The molecule has 3 aromatic rings. The molecule has 0 fully saturated rings. The van der Waals surface area contributed by atoms with Crippen molar-refractivity contribution in [1.29, 1.82) is 0 Å². The van der Waals surface area contributed by atoms with E-state index in [0.717, 1.165) is 17.8 Å². The Morgan fingerprint density at radius 3 is 2.57 bits per heavy atom. The molecule has 0 atom stereocenters. The van der Waals surface area contributed by atoms with Gasteiger partial charge in [0.1, 0.15) is 16.3 Å². The van der Waals surface area contributed by atoms with Crippen molar-refractivity contribution in [3.63, 3.8) is 0 Å². The fraction of sp³-hybridized carbons (Fsp3) is 0.0714. The second kappa shape index (κ2) is 5.69. The summed E-state index contributed by atoms with van der Waals surface area (Å²) in [5.41, 5.74) is 6.11. The van der Waals surface area contributed by atoms with Crippen LogP contribution >= 0.6 is 0 Å². The molecule has 0 aliphatic carbocycles. The molecule has 23 heavy (non-hydrogen) atoms. The van der Waals surface area contributed by atoms with E-state index >= 15 is 0 Å². The minimum Gasteiger partial charge on any atom is -0.494 e. The molecule has 3 rings (SSSR count). The summed E-state index contributed by atoms with van der Waals surface area (Å²) in [6, 6.07) is 7.06. The summed E-state index contributed by atoms with van der Waals surface area (Å²) in [4.78, 5) is 11.5. The van der Waals surface area contributed by atoms with Crippen molar-refractivity contribution in [2.75, 3.05) is 17.6 Å². The zero-order chi connectivity index (χ0) is 16.4. The quantitative estimate of drug-likeness (QED) is 0.741. The van der Waals surface area contributed by atoms with Crippen LogP contribution in [-0.4, -0.2) is 30.5 Å². The van der Waals surface area contributed by atoms with Crippen LogP contribution in [-0.2, 0) is 10.0 Å². The summed E-state index contributed by atoms with van der Waals surface area (Å²) in [5.74, 6) is 0.351. The first kappa shape index (κ1) is 15.0. The van der Waals surface area contributed by atoms with Crippen molar-refractivity contribution in [3.05, 3.63) is 42.9 Å². The van der Waals surface area contributed by atoms with Gasteiger partial charge in [-0.3, -0.25) is 9.71 Å². The molecule has 0 unspecified atom stereocenters. The van der Waals surface area contributed by atoms with Crippen LogP contribution in [0.3, 0.4) is 0 Å². The molecule has 0 aliphatic heterocycles. The molecule has 2 heterocycles. The third-order valence-electron chi connectivity index (χ3n) is 3.15. The van der Waals surface area contributed by atoms with Crippen LogP contribution in [0.25, 0.3) is 10.9 Å². The van der Waals surface area contributed by atoms with Crippen LogP contribution in [0.5, 0.6) is 5.75 Å². The Morgan fingerprint density at radius 2 is 1.87 bits per heavy atom. The lowest BCUT2D eigenvalue weighted by atomic mass is 10.2. The number of ether oxygens (including phenoxy) is 1. The number of nitrogen functional groups attached to an aromatic ring is 1. The molecule has 0 radical (unpaired) electrons. The molecule has 3 N–H and O–H groups in total. The predicted molar refractivity (Wildman–Crippen MR) is 85.5 cm³/mol. The number of hydrogen-bond donors (Lipinski definition) is 2. The van der Waals surface area contributed by atoms with Gasteiger partial charge in [0.2, 0.25) is 5.95 Å². The average molecular weight is 331 g/mol. The Hall–Kier alpha value is -2.94. The fourth-order valence-corrected chi connectivity index (χ4v) is 3.02. The maximum Gasteiger partial charge on any atom is 0.265 e. The summed E-state index contributed by atoms with van der Waals surface area (Å²) in [6.45, 7) is 0. The van der Waals surface area contributed by atoms with Crippen molar-refractivity contribution >= 4 is 32.6 Å². The number of nitrogens with zero attached hydrogens (tertiary/aromatic N) is 3. The number of anilines is 2. The van der Waals surface area contributed by atoms with E-state index in [1.165, 1.54) is 7.11 Å². The second-order valence-corrected chi connectivity index (χ2v) is 6.28. The Bertz CT molecular complexity index is 958. The van der Waals surface area contributed by atoms with Crippen molar-refractivity contribution in [2.24, 2.45) is 0 Å². The van der Waals surface area contributed by atoms with Crippen LogP contribution in [0.4, 0.5) is 11.6 Å². The van der Waals surface area contributed by atoms with Gasteiger partial charge < -0.3 is 10.5 Å². The molecule has 9 heteroatoms. The zero-order valence-corrected chi connectivity index (χ0v) is 12.9. The lowest BCUT2D eigenvalue weighted by Crippen LogP contribution is -2.15. The van der Waals surface area contributed by atoms with Gasteiger partial charge in [0.15, 0.2) is 0 Å². The summed E-state index contributed by atoms with van der Waals surface area (Å²) in [6.07, 6.45) is 3.84. The molecule has 0 amide bonds. The van der Waals surface area contributed by atoms with E-state index in [2.05, 4.69) is 19.7 Å². The van der Waals surface area contributed by atoms with Crippen molar-refractivity contribution < 1.29 is 13.2 Å². The van der Waals surface area contributed by atoms with Crippen molar-refractivity contribution in [1.82, 2.24) is 15.0 Å². The Kier molecular flexibility index (Phi) is 3.70. The van der Waals surface area contributed by atoms with Gasteiger partial charge in [-0.05, 0) is 18.2 Å². The standard InChI is InChI=1S/C14H13N5O3S/c1-22-11-5-4-9-3-2-6-16-12(9)13(11)19-23(20,21)10-7-17-14(15)18-8-10/h2-8,19H,1H3,(H2,15,17,18). The number of benzene rings is 1. The first-order chi connectivity index (χ1) is 11.0. The highest BCUT2D eigenvalue weighted by Crippen LogP contribution is 2.33. The topological polar surface area (TPSA) is 120 Å². The van der Waals surface area contributed by atoms with Crippen molar-refractivity contribution in [2.45, 2.75) is 4.90 Å². The molecule has 0 spiro atoms. The first-order valence-corrected chi connectivity index (χ1v) is 8.01. The molecular weight excluding hydrogens is 318 g/mol. The first-order valence-electron chi connectivity index (χ1n) is 6.53. The van der Waals surface area contributed by atoms with Gasteiger partial charge in [-0.15, -0.1) is 0 Å². The highest BCUT2D eigenvalue weighted by atomic mass is 32.2. The Balaban J connectivity index is 2.11. The van der Waals surface area contributed by atoms with Gasteiger partial charge in [-0.2, -0.15) is 0 Å². The number of fused-ring (bicyclic) bond motifs is 1. The lowest BCUT2D eigenvalue weighted by Gasteiger charge is -2.13. The lowest BCUT2D eigenvalue weighted by molar-refractivity contribution is 0.417. The minimum absolute atomic E-state index is 0.00615. The highest BCUT2D eigenvalue weighted by Gasteiger charge is 2.20. The summed E-state index contributed by atoms with van der Waals surface area (Å²) in [5, 5.41) is 0.777. The number of hydrogen-bond acceptors (Lipinski definition) is 7. The molecule has 0 aliphatic rings. The predicted octanol–water partition coefficient (Wildman–Crippen LogP) is 1.42. The Morgan fingerprint density at radius 1 is 1.13 bits per heavy atom. The third-order valence-corrected chi connectivity index (χ3v) is 4.46. The number of aromatic nitrogens is 3. The van der Waals surface area contributed by atoms with E-state index in [9.17, 15) is 8.42 Å². The van der Waals surface area contributed by atoms with Gasteiger partial charge in [0.25, 0.3) is 10.0 Å². The highest BCUT2D eigenvalue weighted by molar-refractivity contribution is 7.92. The van der Waals surface area contributed by atoms with Gasteiger partial charge >= 0.3 is 0 Å². The van der Waals surface area contributed by atoms with Gasteiger partial charge in [0.05, 0.1) is 25.0 Å². The summed E-state index contributed by atoms with van der Waals surface area (Å²) < 4.78 is 32.7. The smallest absolute Gasteiger partial charge is 0.265 e. The zero-order valence-electron chi connectivity index (χ0n) is 12.1. The number of sulfonamides is 1. The molecular formula is C14H13N5O3S. The van der Waals surface area contributed by atoms with Gasteiger partial charge in [-0.1, -0.05) is 6.07 Å². The van der Waals surface area contributed by atoms with E-state index in [4.69, 9.17) is 10.5 Å².